The Labute approximate surface area is 161 Å². The summed E-state index contributed by atoms with van der Waals surface area (Å²) in [4.78, 5) is 12.4. The summed E-state index contributed by atoms with van der Waals surface area (Å²) in [5.74, 6) is 0.359. The molecule has 0 aliphatic heterocycles. The highest BCUT2D eigenvalue weighted by Crippen LogP contribution is 2.29. The van der Waals surface area contributed by atoms with Gasteiger partial charge in [-0.25, -0.2) is 9.98 Å². The van der Waals surface area contributed by atoms with Gasteiger partial charge in [-0.15, -0.1) is 0 Å². The van der Waals surface area contributed by atoms with Gasteiger partial charge in [0, 0.05) is 5.56 Å². The average Bonchev–Trinajstić information content (AvgIpc) is 3.11. The number of aliphatic imine (C=N–C) groups is 2. The Bertz CT molecular complexity index is 1170. The second kappa shape index (κ2) is 7.24. The van der Waals surface area contributed by atoms with E-state index < -0.39 is 0 Å². The lowest BCUT2D eigenvalue weighted by Gasteiger charge is -2.02. The minimum Gasteiger partial charge on any atom is -0.436 e. The fourth-order valence-corrected chi connectivity index (χ4v) is 2.83. The molecular weight excluding hydrogens is 352 g/mol. The quantitative estimate of drug-likeness (QED) is 0.376. The molecule has 0 saturated carbocycles. The zero-order chi connectivity index (χ0) is 19.5. The molecule has 0 saturated heterocycles. The van der Waals surface area contributed by atoms with E-state index in [4.69, 9.17) is 21.6 Å². The van der Waals surface area contributed by atoms with Crippen molar-refractivity contribution < 1.29 is 4.42 Å². The largest absolute Gasteiger partial charge is 0.436 e. The van der Waals surface area contributed by atoms with Crippen LogP contribution in [0, 0.1) is 0 Å². The lowest BCUT2D eigenvalue weighted by atomic mass is 10.0. The third kappa shape index (κ3) is 3.68. The van der Waals surface area contributed by atoms with Crippen LogP contribution < -0.4 is 17.2 Å². The maximum atomic E-state index is 5.87. The maximum Gasteiger partial charge on any atom is 0.227 e. The van der Waals surface area contributed by atoms with E-state index in [1.54, 1.807) is 18.2 Å². The average molecular weight is 370 g/mol. The Morgan fingerprint density at radius 1 is 0.786 bits per heavy atom. The highest BCUT2D eigenvalue weighted by Gasteiger charge is 2.09. The molecule has 0 bridgehead atoms. The minimum absolute atomic E-state index is 0.0282. The van der Waals surface area contributed by atoms with Crippen LogP contribution in [0.2, 0.25) is 0 Å². The van der Waals surface area contributed by atoms with E-state index in [1.165, 1.54) is 0 Å². The summed E-state index contributed by atoms with van der Waals surface area (Å²) in [6, 6.07) is 23.6. The Hall–Kier alpha value is -4.13. The van der Waals surface area contributed by atoms with Crippen LogP contribution >= 0.6 is 0 Å². The lowest BCUT2D eigenvalue weighted by molar-refractivity contribution is 0.620. The highest BCUT2D eigenvalue weighted by atomic mass is 16.3. The van der Waals surface area contributed by atoms with Crippen molar-refractivity contribution in [1.82, 2.24) is 4.98 Å². The van der Waals surface area contributed by atoms with Crippen molar-refractivity contribution in [2.45, 2.75) is 0 Å². The van der Waals surface area contributed by atoms with Gasteiger partial charge in [-0.1, -0.05) is 42.5 Å². The molecule has 4 rings (SSSR count). The van der Waals surface area contributed by atoms with E-state index in [1.807, 2.05) is 42.5 Å². The van der Waals surface area contributed by atoms with Crippen LogP contribution in [0.1, 0.15) is 0 Å². The molecule has 3 aromatic carbocycles. The summed E-state index contributed by atoms with van der Waals surface area (Å²) in [5, 5.41) is 0. The van der Waals surface area contributed by atoms with Crippen LogP contribution in [0.5, 0.6) is 0 Å². The molecule has 1 aromatic heterocycles. The number of hydrogen-bond acceptors (Lipinski definition) is 3. The predicted octanol–water partition coefficient (Wildman–Crippen LogP) is 3.38. The molecule has 0 atom stereocenters. The van der Waals surface area contributed by atoms with E-state index in [2.05, 4.69) is 27.1 Å². The molecule has 0 radical (unpaired) electrons. The number of nitrogens with two attached hydrogens (primary N) is 3. The molecule has 138 valence electrons. The zero-order valence-electron chi connectivity index (χ0n) is 14.9. The van der Waals surface area contributed by atoms with Crippen molar-refractivity contribution in [1.29, 1.82) is 0 Å². The van der Waals surface area contributed by atoms with E-state index in [0.717, 1.165) is 16.7 Å². The van der Waals surface area contributed by atoms with E-state index in [9.17, 15) is 0 Å². The molecule has 0 aliphatic rings. The molecule has 7 heteroatoms. The molecule has 0 fully saturated rings. The van der Waals surface area contributed by atoms with Crippen LogP contribution in [0.3, 0.4) is 0 Å². The summed E-state index contributed by atoms with van der Waals surface area (Å²) >= 11 is 0. The van der Waals surface area contributed by atoms with Gasteiger partial charge in [0.05, 0.1) is 5.69 Å². The standard InChI is InChI=1S/C21H18N6O/c22-20(23)27-21(24)25-16-10-11-18-17(12-16)26-19(28-18)15-8-6-14(7-9-15)13-4-2-1-3-5-13/h1-12H,(H6,22,23,24,25,27). The van der Waals surface area contributed by atoms with Crippen molar-refractivity contribution in [3.8, 4) is 22.6 Å². The van der Waals surface area contributed by atoms with E-state index >= 15 is 0 Å². The van der Waals surface area contributed by atoms with Crippen molar-refractivity contribution in [3.05, 3.63) is 72.8 Å². The molecule has 0 unspecified atom stereocenters. The van der Waals surface area contributed by atoms with Gasteiger partial charge in [-0.2, -0.15) is 4.99 Å². The first-order chi connectivity index (χ1) is 13.6. The van der Waals surface area contributed by atoms with Gasteiger partial charge in [0.25, 0.3) is 0 Å². The van der Waals surface area contributed by atoms with Gasteiger partial charge in [-0.05, 0) is 41.5 Å². The topological polar surface area (TPSA) is 129 Å². The number of fused-ring (bicyclic) bond motifs is 1. The first-order valence-corrected chi connectivity index (χ1v) is 8.59. The molecule has 0 spiro atoms. The summed E-state index contributed by atoms with van der Waals surface area (Å²) in [6.45, 7) is 0. The summed E-state index contributed by atoms with van der Waals surface area (Å²) in [6.07, 6.45) is 0. The van der Waals surface area contributed by atoms with Crippen molar-refractivity contribution in [2.24, 2.45) is 27.2 Å². The van der Waals surface area contributed by atoms with E-state index in [0.29, 0.717) is 22.7 Å². The first kappa shape index (κ1) is 17.3. The number of benzene rings is 3. The second-order valence-corrected chi connectivity index (χ2v) is 6.12. The van der Waals surface area contributed by atoms with Gasteiger partial charge in [0.1, 0.15) is 5.52 Å². The monoisotopic (exact) mass is 370 g/mol. The van der Waals surface area contributed by atoms with Gasteiger partial charge in [-0.3, -0.25) is 0 Å². The summed E-state index contributed by atoms with van der Waals surface area (Å²) in [7, 11) is 0. The number of rotatable bonds is 3. The number of oxazole rings is 1. The number of nitrogens with zero attached hydrogens (tertiary/aromatic N) is 3. The molecule has 4 aromatic rings. The van der Waals surface area contributed by atoms with Crippen molar-refractivity contribution >= 4 is 28.7 Å². The molecule has 0 aliphatic carbocycles. The number of hydrogen-bond donors (Lipinski definition) is 3. The molecule has 1 heterocycles. The minimum atomic E-state index is -0.148. The number of aromatic nitrogens is 1. The third-order valence-electron chi connectivity index (χ3n) is 4.10. The Morgan fingerprint density at radius 3 is 2.18 bits per heavy atom. The maximum absolute atomic E-state index is 5.87. The normalized spacial score (nSPS) is 11.5. The molecule has 7 nitrogen and oxygen atoms in total. The first-order valence-electron chi connectivity index (χ1n) is 8.59. The van der Waals surface area contributed by atoms with Gasteiger partial charge < -0.3 is 21.6 Å². The Balaban J connectivity index is 1.64. The SMILES string of the molecule is NC(N)=NC(N)=Nc1ccc2oc(-c3ccc(-c4ccccc4)cc3)nc2c1. The van der Waals surface area contributed by atoms with Crippen LogP contribution in [0.25, 0.3) is 33.7 Å². The summed E-state index contributed by atoms with van der Waals surface area (Å²) in [5.41, 5.74) is 21.3. The molecule has 28 heavy (non-hydrogen) atoms. The van der Waals surface area contributed by atoms with E-state index in [-0.39, 0.29) is 11.9 Å². The molecule has 6 N–H and O–H groups in total. The van der Waals surface area contributed by atoms with Crippen LogP contribution in [-0.4, -0.2) is 16.9 Å². The Kier molecular flexibility index (Phi) is 4.47. The predicted molar refractivity (Wildman–Crippen MR) is 112 cm³/mol. The number of guanidine groups is 2. The van der Waals surface area contributed by atoms with Crippen LogP contribution in [-0.2, 0) is 0 Å². The van der Waals surface area contributed by atoms with Gasteiger partial charge >= 0.3 is 0 Å². The zero-order valence-corrected chi connectivity index (χ0v) is 14.9. The molecular formula is C21H18N6O. The summed E-state index contributed by atoms with van der Waals surface area (Å²) < 4.78 is 5.87. The fraction of sp³-hybridized carbons (Fsp3) is 0. The van der Waals surface area contributed by atoms with Crippen molar-refractivity contribution in [3.63, 3.8) is 0 Å². The third-order valence-corrected chi connectivity index (χ3v) is 4.10. The van der Waals surface area contributed by atoms with Crippen LogP contribution in [0.15, 0.2) is 87.2 Å². The van der Waals surface area contributed by atoms with Crippen LogP contribution in [0.4, 0.5) is 5.69 Å². The highest BCUT2D eigenvalue weighted by molar-refractivity contribution is 5.94. The van der Waals surface area contributed by atoms with Crippen molar-refractivity contribution in [2.75, 3.05) is 0 Å². The van der Waals surface area contributed by atoms with Gasteiger partial charge in [0.2, 0.25) is 11.9 Å². The fourth-order valence-electron chi connectivity index (χ4n) is 2.83. The van der Waals surface area contributed by atoms with Gasteiger partial charge in [0.15, 0.2) is 11.5 Å². The molecule has 0 amide bonds. The lowest BCUT2D eigenvalue weighted by Crippen LogP contribution is -2.26. The smallest absolute Gasteiger partial charge is 0.227 e. The second-order valence-electron chi connectivity index (χ2n) is 6.12. The Morgan fingerprint density at radius 2 is 1.46 bits per heavy atom.